The van der Waals surface area contributed by atoms with E-state index in [0.29, 0.717) is 30.4 Å². The van der Waals surface area contributed by atoms with Crippen LogP contribution in [0, 0.1) is 17.1 Å². The quantitative estimate of drug-likeness (QED) is 0.762. The first-order valence-corrected chi connectivity index (χ1v) is 8.23. The van der Waals surface area contributed by atoms with Crippen molar-refractivity contribution >= 4 is 5.69 Å². The predicted molar refractivity (Wildman–Crippen MR) is 91.9 cm³/mol. The largest absolute Gasteiger partial charge is 0.504 e. The van der Waals surface area contributed by atoms with Gasteiger partial charge in [0.15, 0.2) is 11.6 Å². The van der Waals surface area contributed by atoms with Gasteiger partial charge in [-0.2, -0.15) is 5.26 Å². The standard InChI is InChI=1S/C19H15FN4O2/c20-14-9-13(8-12(10-21)18(14)25)24-7-3-5-17-16(11-24)23-19(26-17)15-4-1-2-6-22-15/h1-2,4,6,8-9,25H,3,5,7,11H2. The molecule has 0 saturated carbocycles. The van der Waals surface area contributed by atoms with Crippen LogP contribution in [0.15, 0.2) is 40.9 Å². The van der Waals surface area contributed by atoms with Crippen LogP contribution in [0.2, 0.25) is 0 Å². The summed E-state index contributed by atoms with van der Waals surface area (Å²) in [5, 5.41) is 18.7. The lowest BCUT2D eigenvalue weighted by atomic mass is 10.1. The van der Waals surface area contributed by atoms with Crippen molar-refractivity contribution in [3.05, 3.63) is 59.4 Å². The Morgan fingerprint density at radius 1 is 1.31 bits per heavy atom. The maximum Gasteiger partial charge on any atom is 0.245 e. The Bertz CT molecular complexity index is 995. The molecule has 0 fully saturated rings. The molecule has 0 atom stereocenters. The van der Waals surface area contributed by atoms with Crippen LogP contribution in [0.1, 0.15) is 23.4 Å². The average Bonchev–Trinajstić information content (AvgIpc) is 2.96. The van der Waals surface area contributed by atoms with Gasteiger partial charge in [-0.15, -0.1) is 0 Å². The maximum atomic E-state index is 13.9. The number of rotatable bonds is 2. The Morgan fingerprint density at radius 3 is 2.96 bits per heavy atom. The highest BCUT2D eigenvalue weighted by molar-refractivity contribution is 5.58. The Kier molecular flexibility index (Phi) is 4.01. The van der Waals surface area contributed by atoms with Crippen molar-refractivity contribution in [3.8, 4) is 23.4 Å². The molecule has 3 heterocycles. The van der Waals surface area contributed by atoms with Gasteiger partial charge in [0.1, 0.15) is 23.2 Å². The van der Waals surface area contributed by atoms with E-state index in [1.165, 1.54) is 12.1 Å². The third-order valence-corrected chi connectivity index (χ3v) is 4.37. The van der Waals surface area contributed by atoms with E-state index >= 15 is 0 Å². The van der Waals surface area contributed by atoms with Gasteiger partial charge in [0, 0.05) is 30.9 Å². The van der Waals surface area contributed by atoms with E-state index in [0.717, 1.165) is 24.3 Å². The summed E-state index contributed by atoms with van der Waals surface area (Å²) >= 11 is 0. The summed E-state index contributed by atoms with van der Waals surface area (Å²) in [6.07, 6.45) is 3.20. The normalized spacial score (nSPS) is 13.8. The summed E-state index contributed by atoms with van der Waals surface area (Å²) in [5.41, 5.74) is 1.88. The highest BCUT2D eigenvalue weighted by Gasteiger charge is 2.23. The van der Waals surface area contributed by atoms with Crippen LogP contribution in [0.3, 0.4) is 0 Å². The first-order valence-electron chi connectivity index (χ1n) is 8.23. The minimum atomic E-state index is -0.808. The van der Waals surface area contributed by atoms with Crippen LogP contribution in [-0.2, 0) is 13.0 Å². The van der Waals surface area contributed by atoms with Gasteiger partial charge in [0.25, 0.3) is 0 Å². The molecule has 6 nitrogen and oxygen atoms in total. The number of aromatic hydroxyl groups is 1. The highest BCUT2D eigenvalue weighted by atomic mass is 19.1. The molecule has 3 aromatic rings. The predicted octanol–water partition coefficient (Wildman–Crippen LogP) is 3.41. The van der Waals surface area contributed by atoms with Gasteiger partial charge >= 0.3 is 0 Å². The number of oxazole rings is 1. The van der Waals surface area contributed by atoms with Crippen molar-refractivity contribution < 1.29 is 13.9 Å². The number of phenolic OH excluding ortho intramolecular Hbond substituents is 1. The fourth-order valence-corrected chi connectivity index (χ4v) is 3.06. The number of aromatic nitrogens is 2. The van der Waals surface area contributed by atoms with E-state index in [4.69, 9.17) is 9.68 Å². The first kappa shape index (κ1) is 16.1. The molecule has 0 bridgehead atoms. The Balaban J connectivity index is 1.68. The number of benzene rings is 1. The molecule has 0 unspecified atom stereocenters. The van der Waals surface area contributed by atoms with Gasteiger partial charge in [-0.05, 0) is 24.6 Å². The summed E-state index contributed by atoms with van der Waals surface area (Å²) in [4.78, 5) is 10.7. The number of pyridine rings is 1. The number of hydrogen-bond donors (Lipinski definition) is 1. The molecule has 2 aromatic heterocycles. The van der Waals surface area contributed by atoms with Gasteiger partial charge in [-0.25, -0.2) is 9.37 Å². The summed E-state index contributed by atoms with van der Waals surface area (Å²) in [5.74, 6) is -0.163. The van der Waals surface area contributed by atoms with Crippen LogP contribution in [0.25, 0.3) is 11.6 Å². The molecule has 1 aromatic carbocycles. The van der Waals surface area contributed by atoms with Crippen molar-refractivity contribution in [3.63, 3.8) is 0 Å². The number of hydrogen-bond acceptors (Lipinski definition) is 6. The van der Waals surface area contributed by atoms with Gasteiger partial charge in [0.05, 0.1) is 12.1 Å². The second-order valence-corrected chi connectivity index (χ2v) is 6.06. The summed E-state index contributed by atoms with van der Waals surface area (Å²) < 4.78 is 19.8. The smallest absolute Gasteiger partial charge is 0.245 e. The topological polar surface area (TPSA) is 86.2 Å². The zero-order valence-electron chi connectivity index (χ0n) is 13.8. The van der Waals surface area contributed by atoms with Crippen molar-refractivity contribution in [1.29, 1.82) is 5.26 Å². The third-order valence-electron chi connectivity index (χ3n) is 4.37. The lowest BCUT2D eigenvalue weighted by Gasteiger charge is -2.22. The van der Waals surface area contributed by atoms with Gasteiger partial charge in [-0.1, -0.05) is 6.07 Å². The summed E-state index contributed by atoms with van der Waals surface area (Å²) in [6, 6.07) is 10.1. The lowest BCUT2D eigenvalue weighted by Crippen LogP contribution is -2.23. The molecular formula is C19H15FN4O2. The maximum absolute atomic E-state index is 13.9. The average molecular weight is 350 g/mol. The molecular weight excluding hydrogens is 335 g/mol. The number of halogens is 1. The molecule has 1 aliphatic heterocycles. The van der Waals surface area contributed by atoms with E-state index in [1.807, 2.05) is 29.2 Å². The lowest BCUT2D eigenvalue weighted by molar-refractivity contribution is 0.430. The molecule has 0 amide bonds. The van der Waals surface area contributed by atoms with Crippen LogP contribution in [0.4, 0.5) is 10.1 Å². The fraction of sp³-hybridized carbons (Fsp3) is 0.211. The summed E-state index contributed by atoms with van der Waals surface area (Å²) in [7, 11) is 0. The van der Waals surface area contributed by atoms with E-state index in [9.17, 15) is 9.50 Å². The second-order valence-electron chi connectivity index (χ2n) is 6.06. The Labute approximate surface area is 149 Å². The molecule has 1 aliphatic rings. The van der Waals surface area contributed by atoms with Gasteiger partial charge < -0.3 is 14.4 Å². The molecule has 7 heteroatoms. The number of aryl methyl sites for hydroxylation is 1. The minimum absolute atomic E-state index is 0.0844. The fourth-order valence-electron chi connectivity index (χ4n) is 3.06. The van der Waals surface area contributed by atoms with Gasteiger partial charge in [0.2, 0.25) is 5.89 Å². The molecule has 26 heavy (non-hydrogen) atoms. The van der Waals surface area contributed by atoms with Crippen LogP contribution >= 0.6 is 0 Å². The van der Waals surface area contributed by atoms with Crippen molar-refractivity contribution in [2.75, 3.05) is 11.4 Å². The molecule has 0 radical (unpaired) electrons. The molecule has 1 N–H and O–H groups in total. The zero-order valence-corrected chi connectivity index (χ0v) is 13.8. The zero-order chi connectivity index (χ0) is 18.1. The Hall–Kier alpha value is -3.40. The molecule has 0 spiro atoms. The van der Waals surface area contributed by atoms with Crippen molar-refractivity contribution in [2.45, 2.75) is 19.4 Å². The van der Waals surface area contributed by atoms with E-state index in [2.05, 4.69) is 9.97 Å². The SMILES string of the molecule is N#Cc1cc(N2CCCc3oc(-c4ccccn4)nc3C2)cc(F)c1O. The van der Waals surface area contributed by atoms with Crippen LogP contribution < -0.4 is 4.90 Å². The number of fused-ring (bicyclic) bond motifs is 1. The molecule has 0 saturated heterocycles. The van der Waals surface area contributed by atoms with Gasteiger partial charge in [-0.3, -0.25) is 4.98 Å². The number of phenols is 1. The number of nitriles is 1. The third kappa shape index (κ3) is 2.86. The van der Waals surface area contributed by atoms with Crippen LogP contribution in [0.5, 0.6) is 5.75 Å². The second kappa shape index (κ2) is 6.48. The molecule has 130 valence electrons. The molecule has 0 aliphatic carbocycles. The van der Waals surface area contributed by atoms with E-state index < -0.39 is 11.6 Å². The first-order chi connectivity index (χ1) is 12.7. The minimum Gasteiger partial charge on any atom is -0.504 e. The highest BCUT2D eigenvalue weighted by Crippen LogP contribution is 2.31. The molecule has 4 rings (SSSR count). The van der Waals surface area contributed by atoms with Crippen molar-refractivity contribution in [1.82, 2.24) is 9.97 Å². The van der Waals surface area contributed by atoms with Crippen LogP contribution in [-0.4, -0.2) is 21.6 Å². The summed E-state index contributed by atoms with van der Waals surface area (Å²) in [6.45, 7) is 1.10. The number of nitrogens with zero attached hydrogens (tertiary/aromatic N) is 4. The Morgan fingerprint density at radius 2 is 2.19 bits per heavy atom. The van der Waals surface area contributed by atoms with E-state index in [1.54, 1.807) is 6.20 Å². The van der Waals surface area contributed by atoms with E-state index in [-0.39, 0.29) is 5.56 Å². The number of anilines is 1. The monoisotopic (exact) mass is 350 g/mol. The van der Waals surface area contributed by atoms with Crippen molar-refractivity contribution in [2.24, 2.45) is 0 Å².